The van der Waals surface area contributed by atoms with E-state index in [4.69, 9.17) is 47.3 Å². The van der Waals surface area contributed by atoms with Crippen LogP contribution in [0.5, 0.6) is 23.0 Å². The van der Waals surface area contributed by atoms with E-state index in [1.54, 1.807) is 6.07 Å². The van der Waals surface area contributed by atoms with Gasteiger partial charge < -0.3 is 34.3 Å². The van der Waals surface area contributed by atoms with Crippen LogP contribution in [0.25, 0.3) is 0 Å². The molecule has 0 fully saturated rings. The fraction of sp³-hybridized carbons (Fsp3) is 0.391. The van der Waals surface area contributed by atoms with Gasteiger partial charge in [0.2, 0.25) is 0 Å². The summed E-state index contributed by atoms with van der Waals surface area (Å²) in [7, 11) is 4.25. The van der Waals surface area contributed by atoms with Crippen LogP contribution in [0.1, 0.15) is 48.4 Å². The van der Waals surface area contributed by atoms with Crippen LogP contribution in [-0.4, -0.2) is 56.1 Å². The van der Waals surface area contributed by atoms with Crippen LogP contribution in [0.3, 0.4) is 0 Å². The van der Waals surface area contributed by atoms with Gasteiger partial charge in [-0.05, 0) is 52.0 Å². The molecule has 0 bridgehead atoms. The zero-order valence-electron chi connectivity index (χ0n) is 21.0. The quantitative estimate of drug-likeness (QED) is 0.407. The van der Waals surface area contributed by atoms with Gasteiger partial charge in [-0.25, -0.2) is 9.59 Å². The number of rotatable bonds is 8. The molecule has 0 saturated carbocycles. The topological polar surface area (TPSA) is 131 Å². The Morgan fingerprint density at radius 3 is 1.46 bits per heavy atom. The normalized spacial score (nSPS) is 9.69. The minimum absolute atomic E-state index is 0. The summed E-state index contributed by atoms with van der Waals surface area (Å²) in [6, 6.07) is 5.76. The first kappa shape index (κ1) is 34.9. The van der Waals surface area contributed by atoms with Gasteiger partial charge in [0.1, 0.15) is 0 Å². The van der Waals surface area contributed by atoms with Crippen LogP contribution in [0.4, 0.5) is 0 Å². The van der Waals surface area contributed by atoms with Crippen molar-refractivity contribution in [2.75, 3.05) is 21.3 Å². The molecule has 2 N–H and O–H groups in total. The van der Waals surface area contributed by atoms with Gasteiger partial charge in [0, 0.05) is 0 Å². The summed E-state index contributed by atoms with van der Waals surface area (Å²) < 4.78 is 25.8. The number of hydrogen-bond acceptors (Lipinski definition) is 8. The standard InChI is InChI=1S/C12H15ClO4.C11H13ClO4.Li.H2O/c1-7(2)17-10-6-8(12(14)16-4)5-9(13)11(10)15-3;1-6(2)16-9-5-7(11(13)14)4-8(12)10(9)15-3;;/h5-7H,1-4H3;4-6H,1-3H3,(H,13,14);;1H2/q;;+1;/p-1. The number of carbonyl (C=O) groups is 2. The van der Waals surface area contributed by atoms with Gasteiger partial charge in [0.25, 0.3) is 0 Å². The van der Waals surface area contributed by atoms with Crippen LogP contribution in [0, 0.1) is 0 Å². The van der Waals surface area contributed by atoms with Crippen molar-refractivity contribution in [3.8, 4) is 23.0 Å². The number of carbonyl (C=O) groups excluding carboxylic acids is 1. The molecule has 0 aliphatic carbocycles. The Morgan fingerprint density at radius 2 is 1.14 bits per heavy atom. The third kappa shape index (κ3) is 10.5. The molecular formula is C23H29Cl2LiO9. The molecule has 2 aromatic carbocycles. The van der Waals surface area contributed by atoms with E-state index < -0.39 is 11.9 Å². The SMILES string of the molecule is COC(=O)c1cc(Cl)c(OC)c(OC(C)C)c1.COc1c(Cl)cc(C(=O)O)cc1OC(C)C.[Li+].[OH-]. The minimum atomic E-state index is -1.06. The van der Waals surface area contributed by atoms with Crippen LogP contribution in [0.2, 0.25) is 10.0 Å². The maximum absolute atomic E-state index is 11.4. The van der Waals surface area contributed by atoms with Gasteiger partial charge in [0.05, 0.1) is 54.7 Å². The Bertz CT molecular complexity index is 982. The maximum Gasteiger partial charge on any atom is 1.00 e. The van der Waals surface area contributed by atoms with E-state index in [9.17, 15) is 9.59 Å². The second-order valence-corrected chi connectivity index (χ2v) is 7.92. The number of ether oxygens (including phenoxy) is 5. The Balaban J connectivity index is 0. The fourth-order valence-electron chi connectivity index (χ4n) is 2.57. The van der Waals surface area contributed by atoms with Crippen molar-refractivity contribution in [2.24, 2.45) is 0 Å². The number of aromatic carboxylic acids is 1. The largest absolute Gasteiger partial charge is 1.00 e. The third-order valence-electron chi connectivity index (χ3n) is 3.82. The molecule has 0 radical (unpaired) electrons. The Labute approximate surface area is 227 Å². The van der Waals surface area contributed by atoms with E-state index in [1.807, 2.05) is 27.7 Å². The molecule has 35 heavy (non-hydrogen) atoms. The molecule has 0 aliphatic rings. The van der Waals surface area contributed by atoms with Crippen molar-refractivity contribution in [1.82, 2.24) is 0 Å². The molecule has 2 rings (SSSR count). The maximum atomic E-state index is 11.4. The predicted octanol–water partition coefficient (Wildman–Crippen LogP) is 2.58. The molecule has 0 heterocycles. The second-order valence-electron chi connectivity index (χ2n) is 7.11. The molecule has 2 aromatic rings. The van der Waals surface area contributed by atoms with Gasteiger partial charge in [-0.1, -0.05) is 23.2 Å². The first-order chi connectivity index (χ1) is 15.4. The van der Waals surface area contributed by atoms with Gasteiger partial charge in [-0.2, -0.15) is 0 Å². The van der Waals surface area contributed by atoms with Gasteiger partial charge in [-0.3, -0.25) is 0 Å². The predicted molar refractivity (Wildman–Crippen MR) is 128 cm³/mol. The van der Waals surface area contributed by atoms with Crippen molar-refractivity contribution >= 4 is 35.1 Å². The molecule has 190 valence electrons. The molecule has 0 saturated heterocycles. The van der Waals surface area contributed by atoms with E-state index in [-0.39, 0.29) is 47.1 Å². The van der Waals surface area contributed by atoms with E-state index in [2.05, 4.69) is 4.74 Å². The zero-order chi connectivity index (χ0) is 25.3. The molecule has 0 atom stereocenters. The smallest absolute Gasteiger partial charge is 0.870 e. The van der Waals surface area contributed by atoms with Crippen molar-refractivity contribution in [2.45, 2.75) is 39.9 Å². The number of esters is 1. The average Bonchev–Trinajstić information content (AvgIpc) is 2.72. The molecule has 0 spiro atoms. The Hall–Kier alpha value is -2.28. The van der Waals surface area contributed by atoms with Crippen molar-refractivity contribution in [3.63, 3.8) is 0 Å². The number of halogens is 2. The first-order valence-corrected chi connectivity index (χ1v) is 10.6. The molecule has 0 aromatic heterocycles. The van der Waals surface area contributed by atoms with E-state index in [0.29, 0.717) is 33.6 Å². The van der Waals surface area contributed by atoms with Crippen molar-refractivity contribution < 1.29 is 62.7 Å². The minimum Gasteiger partial charge on any atom is -0.870 e. The van der Waals surface area contributed by atoms with Crippen molar-refractivity contribution in [1.29, 1.82) is 0 Å². The molecule has 9 nitrogen and oxygen atoms in total. The van der Waals surface area contributed by atoms with E-state index >= 15 is 0 Å². The summed E-state index contributed by atoms with van der Waals surface area (Å²) in [6.45, 7) is 7.41. The fourth-order valence-corrected chi connectivity index (χ4v) is 3.15. The molecule has 0 aliphatic heterocycles. The van der Waals surface area contributed by atoms with E-state index in [1.165, 1.54) is 39.5 Å². The van der Waals surface area contributed by atoms with Gasteiger partial charge >= 0.3 is 30.8 Å². The third-order valence-corrected chi connectivity index (χ3v) is 4.38. The number of methoxy groups -OCH3 is 3. The molecule has 0 unspecified atom stereocenters. The van der Waals surface area contributed by atoms with Crippen molar-refractivity contribution in [3.05, 3.63) is 45.4 Å². The number of carboxylic acids is 1. The average molecular weight is 527 g/mol. The molecule has 0 amide bonds. The summed E-state index contributed by atoms with van der Waals surface area (Å²) >= 11 is 11.9. The van der Waals surface area contributed by atoms with Crippen LogP contribution in [0.15, 0.2) is 24.3 Å². The van der Waals surface area contributed by atoms with E-state index in [0.717, 1.165) is 0 Å². The van der Waals surface area contributed by atoms with Crippen LogP contribution in [-0.2, 0) is 4.74 Å². The number of carboxylic acid groups (broad SMARTS) is 1. The Morgan fingerprint density at radius 1 is 0.771 bits per heavy atom. The molecule has 12 heteroatoms. The second kappa shape index (κ2) is 16.4. The number of benzene rings is 2. The summed E-state index contributed by atoms with van der Waals surface area (Å²) in [5.74, 6) is -0.00694. The monoisotopic (exact) mass is 526 g/mol. The Kier molecular flexibility index (Phi) is 16.3. The van der Waals surface area contributed by atoms with Gasteiger partial charge in [0.15, 0.2) is 23.0 Å². The summed E-state index contributed by atoms with van der Waals surface area (Å²) in [5.41, 5.74) is 0.399. The zero-order valence-corrected chi connectivity index (χ0v) is 22.5. The summed E-state index contributed by atoms with van der Waals surface area (Å²) in [4.78, 5) is 22.3. The summed E-state index contributed by atoms with van der Waals surface area (Å²) in [6.07, 6.45) is -0.137. The number of hydrogen-bond donors (Lipinski definition) is 1. The molecular weight excluding hydrogens is 498 g/mol. The van der Waals surface area contributed by atoms with Crippen LogP contribution >= 0.6 is 23.2 Å². The first-order valence-electron chi connectivity index (χ1n) is 9.85. The van der Waals surface area contributed by atoms with Gasteiger partial charge in [-0.15, -0.1) is 0 Å². The summed E-state index contributed by atoms with van der Waals surface area (Å²) in [5, 5.41) is 9.41. The van der Waals surface area contributed by atoms with Crippen LogP contribution < -0.4 is 37.8 Å².